The molecule has 3 aromatic rings. The van der Waals surface area contributed by atoms with Gasteiger partial charge in [-0.25, -0.2) is 9.97 Å². The van der Waals surface area contributed by atoms with Crippen LogP contribution in [0.4, 0.5) is 5.82 Å². The van der Waals surface area contributed by atoms with E-state index >= 15 is 0 Å². The van der Waals surface area contributed by atoms with Crippen molar-refractivity contribution < 1.29 is 4.79 Å². The summed E-state index contributed by atoms with van der Waals surface area (Å²) in [7, 11) is 0. The molecule has 1 aliphatic carbocycles. The van der Waals surface area contributed by atoms with E-state index in [9.17, 15) is 4.79 Å². The first-order valence-electron chi connectivity index (χ1n) is 7.52. The fraction of sp³-hybridized carbons (Fsp3) is 0.200. The number of hydrogen-bond acceptors (Lipinski definition) is 7. The zero-order valence-corrected chi connectivity index (χ0v) is 13.7. The third-order valence-corrected chi connectivity index (χ3v) is 4.26. The van der Waals surface area contributed by atoms with E-state index in [1.165, 1.54) is 17.2 Å². The minimum absolute atomic E-state index is 0.0122. The third-order valence-electron chi connectivity index (χ3n) is 4.00. The van der Waals surface area contributed by atoms with E-state index in [0.29, 0.717) is 0 Å². The quantitative estimate of drug-likeness (QED) is 0.717. The number of hydrogen-bond donors (Lipinski definition) is 2. The first-order valence-corrected chi connectivity index (χ1v) is 7.90. The summed E-state index contributed by atoms with van der Waals surface area (Å²) in [5, 5.41) is 10.8. The molecule has 0 radical (unpaired) electrons. The van der Waals surface area contributed by atoms with Gasteiger partial charge >= 0.3 is 0 Å². The summed E-state index contributed by atoms with van der Waals surface area (Å²) in [6, 6.07) is 3.76. The van der Waals surface area contributed by atoms with Gasteiger partial charge in [0, 0.05) is 12.4 Å². The van der Waals surface area contributed by atoms with E-state index in [4.69, 9.17) is 17.3 Å². The van der Waals surface area contributed by atoms with E-state index < -0.39 is 11.4 Å². The second-order valence-corrected chi connectivity index (χ2v) is 6.03. The van der Waals surface area contributed by atoms with Crippen molar-refractivity contribution in [3.8, 4) is 5.82 Å². The lowest BCUT2D eigenvalue weighted by molar-refractivity contribution is 0.0926. The van der Waals surface area contributed by atoms with Gasteiger partial charge in [0.2, 0.25) is 5.82 Å². The lowest BCUT2D eigenvalue weighted by Gasteiger charge is -2.17. The van der Waals surface area contributed by atoms with Gasteiger partial charge in [0.05, 0.1) is 17.9 Å². The highest BCUT2D eigenvalue weighted by atomic mass is 35.5. The van der Waals surface area contributed by atoms with Crippen LogP contribution in [-0.4, -0.2) is 35.9 Å². The third kappa shape index (κ3) is 2.78. The maximum absolute atomic E-state index is 12.6. The number of pyridine rings is 1. The molecule has 0 spiro atoms. The topological polar surface area (TPSA) is 125 Å². The number of halogens is 1. The smallest absolute Gasteiger partial charge is 0.274 e. The van der Waals surface area contributed by atoms with Gasteiger partial charge < -0.3 is 11.1 Å². The monoisotopic (exact) mass is 356 g/mol. The number of nitrogens with two attached hydrogens (primary N) is 1. The molecule has 0 aromatic carbocycles. The lowest BCUT2D eigenvalue weighted by atomic mass is 10.1. The number of nitrogens with zero attached hydrogens (tertiary/aromatic N) is 6. The standard InChI is InChI=1S/C15H13ClN8O/c16-11-13(24-19-6-7-20-24)22-12(17)10(21-11)14(25)23-15(3-4-15)9-2-1-5-18-8-9/h1-2,5-8H,3-4H2,(H2,17,22)(H,23,25). The molecule has 25 heavy (non-hydrogen) atoms. The summed E-state index contributed by atoms with van der Waals surface area (Å²) in [5.41, 5.74) is 6.38. The van der Waals surface area contributed by atoms with Crippen molar-refractivity contribution in [3.63, 3.8) is 0 Å². The molecule has 9 nitrogen and oxygen atoms in total. The molecule has 3 aromatic heterocycles. The van der Waals surface area contributed by atoms with Crippen LogP contribution >= 0.6 is 11.6 Å². The van der Waals surface area contributed by atoms with Crippen LogP contribution in [-0.2, 0) is 5.54 Å². The van der Waals surface area contributed by atoms with E-state index in [1.807, 2.05) is 12.1 Å². The van der Waals surface area contributed by atoms with Crippen molar-refractivity contribution in [2.45, 2.75) is 18.4 Å². The first kappa shape index (κ1) is 15.5. The number of carbonyl (C=O) groups excluding carboxylic acids is 1. The molecule has 0 bridgehead atoms. The second-order valence-electron chi connectivity index (χ2n) is 5.67. The fourth-order valence-electron chi connectivity index (χ4n) is 2.57. The van der Waals surface area contributed by atoms with Gasteiger partial charge in [-0.1, -0.05) is 17.7 Å². The molecule has 126 valence electrons. The molecule has 0 aliphatic heterocycles. The Bertz CT molecular complexity index is 924. The van der Waals surface area contributed by atoms with Gasteiger partial charge in [0.1, 0.15) is 0 Å². The molecule has 3 N–H and O–H groups in total. The number of carbonyl (C=O) groups is 1. The molecule has 1 amide bonds. The van der Waals surface area contributed by atoms with Gasteiger partial charge in [0.15, 0.2) is 16.7 Å². The Morgan fingerprint density at radius 2 is 2.00 bits per heavy atom. The predicted molar refractivity (Wildman–Crippen MR) is 89.0 cm³/mol. The molecule has 0 atom stereocenters. The largest absolute Gasteiger partial charge is 0.382 e. The van der Waals surface area contributed by atoms with Crippen molar-refractivity contribution in [1.82, 2.24) is 35.3 Å². The Labute approximate surface area is 147 Å². The van der Waals surface area contributed by atoms with Gasteiger partial charge in [-0.15, -0.1) is 4.80 Å². The second kappa shape index (κ2) is 5.78. The lowest BCUT2D eigenvalue weighted by Crippen LogP contribution is -2.36. The van der Waals surface area contributed by atoms with E-state index in [1.54, 1.807) is 12.4 Å². The summed E-state index contributed by atoms with van der Waals surface area (Å²) < 4.78 is 0. The van der Waals surface area contributed by atoms with Gasteiger partial charge in [-0.05, 0) is 24.5 Å². The molecule has 1 fully saturated rings. The van der Waals surface area contributed by atoms with Gasteiger partial charge in [-0.2, -0.15) is 10.2 Å². The molecule has 3 heterocycles. The first-order chi connectivity index (χ1) is 12.1. The number of nitrogens with one attached hydrogen (secondary N) is 1. The Morgan fingerprint density at radius 3 is 2.64 bits per heavy atom. The number of anilines is 1. The molecule has 0 unspecified atom stereocenters. The van der Waals surface area contributed by atoms with Crippen molar-refractivity contribution in [1.29, 1.82) is 0 Å². The van der Waals surface area contributed by atoms with E-state index in [0.717, 1.165) is 18.4 Å². The van der Waals surface area contributed by atoms with Crippen molar-refractivity contribution in [2.75, 3.05) is 5.73 Å². The summed E-state index contributed by atoms with van der Waals surface area (Å²) in [6.07, 6.45) is 8.01. The van der Waals surface area contributed by atoms with E-state index in [-0.39, 0.29) is 22.5 Å². The normalized spacial score (nSPS) is 14.9. The molecular formula is C15H13ClN8O. The molecule has 1 aliphatic rings. The van der Waals surface area contributed by atoms with Gasteiger partial charge in [0.25, 0.3) is 5.91 Å². The molecule has 0 saturated heterocycles. The van der Waals surface area contributed by atoms with Crippen LogP contribution in [0.5, 0.6) is 0 Å². The van der Waals surface area contributed by atoms with Crippen LogP contribution in [0, 0.1) is 0 Å². The predicted octanol–water partition coefficient (Wildman–Crippen LogP) is 1.11. The van der Waals surface area contributed by atoms with Crippen LogP contribution in [0.25, 0.3) is 5.82 Å². The number of nitrogen functional groups attached to an aromatic ring is 1. The fourth-order valence-corrected chi connectivity index (χ4v) is 2.77. The van der Waals surface area contributed by atoms with Crippen LogP contribution in [0.3, 0.4) is 0 Å². The molecule has 10 heteroatoms. The number of rotatable bonds is 4. The number of amides is 1. The molecule has 1 saturated carbocycles. The minimum Gasteiger partial charge on any atom is -0.382 e. The van der Waals surface area contributed by atoms with Crippen molar-refractivity contribution in [3.05, 3.63) is 53.3 Å². The van der Waals surface area contributed by atoms with Gasteiger partial charge in [-0.3, -0.25) is 9.78 Å². The SMILES string of the molecule is Nc1nc(-n2nccn2)c(Cl)nc1C(=O)NC1(c2cccnc2)CC1. The Morgan fingerprint density at radius 1 is 1.24 bits per heavy atom. The zero-order valence-electron chi connectivity index (χ0n) is 12.9. The summed E-state index contributed by atoms with van der Waals surface area (Å²) in [5.74, 6) is -0.321. The highest BCUT2D eigenvalue weighted by Gasteiger charge is 2.46. The summed E-state index contributed by atoms with van der Waals surface area (Å²) in [6.45, 7) is 0. The number of aromatic nitrogens is 6. The van der Waals surface area contributed by atoms with Crippen LogP contribution in [0.1, 0.15) is 28.9 Å². The minimum atomic E-state index is -0.437. The molecule has 4 rings (SSSR count). The average Bonchev–Trinajstić information content (AvgIpc) is 3.19. The van der Waals surface area contributed by atoms with Crippen molar-refractivity contribution >= 4 is 23.3 Å². The zero-order chi connectivity index (χ0) is 17.4. The van der Waals surface area contributed by atoms with Crippen LogP contribution in [0.15, 0.2) is 36.9 Å². The maximum atomic E-state index is 12.6. The Kier molecular flexibility index (Phi) is 3.57. The highest BCUT2D eigenvalue weighted by Crippen LogP contribution is 2.45. The van der Waals surface area contributed by atoms with Crippen LogP contribution < -0.4 is 11.1 Å². The van der Waals surface area contributed by atoms with E-state index in [2.05, 4.69) is 30.5 Å². The Hall–Kier alpha value is -3.07. The highest BCUT2D eigenvalue weighted by molar-refractivity contribution is 6.31. The molecular weight excluding hydrogens is 344 g/mol. The summed E-state index contributed by atoms with van der Waals surface area (Å²) >= 11 is 6.12. The van der Waals surface area contributed by atoms with Crippen molar-refractivity contribution in [2.24, 2.45) is 0 Å². The maximum Gasteiger partial charge on any atom is 0.274 e. The average molecular weight is 357 g/mol. The Balaban J connectivity index is 1.62. The summed E-state index contributed by atoms with van der Waals surface area (Å²) in [4.78, 5) is 26.1. The van der Waals surface area contributed by atoms with Crippen LogP contribution in [0.2, 0.25) is 5.15 Å².